The zero-order chi connectivity index (χ0) is 13.0. The first-order valence-corrected chi connectivity index (χ1v) is 6.33. The number of aromatic carboxylic acids is 1. The van der Waals surface area contributed by atoms with Crippen molar-refractivity contribution in [3.8, 4) is 0 Å². The van der Waals surface area contributed by atoms with Gasteiger partial charge in [-0.25, -0.2) is 4.79 Å². The fourth-order valence-corrected chi connectivity index (χ4v) is 2.59. The highest BCUT2D eigenvalue weighted by Gasteiger charge is 2.16. The molecular weight excluding hydrogens is 252 g/mol. The van der Waals surface area contributed by atoms with E-state index < -0.39 is 5.97 Å². The van der Waals surface area contributed by atoms with Crippen molar-refractivity contribution in [1.29, 1.82) is 0 Å². The van der Waals surface area contributed by atoms with Crippen LogP contribution in [0.3, 0.4) is 0 Å². The number of ether oxygens (including phenoxy) is 1. The SMILES string of the molecule is COCCSc1c(C(=O)O)nnc2ccccc12. The number of rotatable bonds is 5. The van der Waals surface area contributed by atoms with E-state index in [0.29, 0.717) is 22.8 Å². The van der Waals surface area contributed by atoms with Crippen molar-refractivity contribution in [2.24, 2.45) is 0 Å². The zero-order valence-electron chi connectivity index (χ0n) is 9.79. The third-order valence-corrected chi connectivity index (χ3v) is 3.43. The van der Waals surface area contributed by atoms with Crippen LogP contribution in [0.15, 0.2) is 29.2 Å². The Kier molecular flexibility index (Phi) is 4.11. The molecule has 18 heavy (non-hydrogen) atoms. The van der Waals surface area contributed by atoms with Gasteiger partial charge in [0.05, 0.1) is 17.0 Å². The molecule has 0 aliphatic rings. The molecule has 0 unspecified atom stereocenters. The lowest BCUT2D eigenvalue weighted by Gasteiger charge is -2.07. The van der Waals surface area contributed by atoms with Crippen LogP contribution in [0.25, 0.3) is 10.9 Å². The largest absolute Gasteiger partial charge is 0.476 e. The van der Waals surface area contributed by atoms with E-state index in [4.69, 9.17) is 9.84 Å². The molecule has 2 aromatic rings. The van der Waals surface area contributed by atoms with E-state index in [1.807, 2.05) is 24.3 Å². The maximum atomic E-state index is 11.2. The Morgan fingerprint density at radius 2 is 2.17 bits per heavy atom. The Labute approximate surface area is 108 Å². The van der Waals surface area contributed by atoms with E-state index in [0.717, 1.165) is 5.39 Å². The van der Waals surface area contributed by atoms with E-state index in [9.17, 15) is 4.79 Å². The van der Waals surface area contributed by atoms with Gasteiger partial charge in [-0.15, -0.1) is 22.0 Å². The van der Waals surface area contributed by atoms with Gasteiger partial charge in [-0.2, -0.15) is 0 Å². The molecule has 1 heterocycles. The maximum Gasteiger partial charge on any atom is 0.357 e. The van der Waals surface area contributed by atoms with Crippen molar-refractivity contribution in [2.75, 3.05) is 19.5 Å². The van der Waals surface area contributed by atoms with Gasteiger partial charge in [-0.05, 0) is 6.07 Å². The molecule has 0 amide bonds. The smallest absolute Gasteiger partial charge is 0.357 e. The monoisotopic (exact) mass is 264 g/mol. The summed E-state index contributed by atoms with van der Waals surface area (Å²) in [6.07, 6.45) is 0. The van der Waals surface area contributed by atoms with Crippen LogP contribution < -0.4 is 0 Å². The summed E-state index contributed by atoms with van der Waals surface area (Å²) in [5.74, 6) is -0.389. The highest BCUT2D eigenvalue weighted by Crippen LogP contribution is 2.28. The van der Waals surface area contributed by atoms with Crippen molar-refractivity contribution < 1.29 is 14.6 Å². The molecule has 1 aromatic heterocycles. The number of carboxylic acid groups (broad SMARTS) is 1. The number of thioether (sulfide) groups is 1. The summed E-state index contributed by atoms with van der Waals surface area (Å²) in [4.78, 5) is 11.8. The molecule has 1 N–H and O–H groups in total. The number of methoxy groups -OCH3 is 1. The third-order valence-electron chi connectivity index (χ3n) is 2.36. The van der Waals surface area contributed by atoms with Crippen LogP contribution >= 0.6 is 11.8 Å². The Morgan fingerprint density at radius 3 is 2.89 bits per heavy atom. The minimum atomic E-state index is -1.06. The van der Waals surface area contributed by atoms with Gasteiger partial charge < -0.3 is 9.84 Å². The van der Waals surface area contributed by atoms with Gasteiger partial charge in [-0.1, -0.05) is 18.2 Å². The first kappa shape index (κ1) is 12.8. The maximum absolute atomic E-state index is 11.2. The van der Waals surface area contributed by atoms with E-state index >= 15 is 0 Å². The number of hydrogen-bond acceptors (Lipinski definition) is 5. The molecule has 0 aliphatic heterocycles. The summed E-state index contributed by atoms with van der Waals surface area (Å²) < 4.78 is 4.97. The van der Waals surface area contributed by atoms with Crippen molar-refractivity contribution in [3.05, 3.63) is 30.0 Å². The van der Waals surface area contributed by atoms with Crippen molar-refractivity contribution in [1.82, 2.24) is 10.2 Å². The highest BCUT2D eigenvalue weighted by molar-refractivity contribution is 7.99. The molecule has 2 rings (SSSR count). The lowest BCUT2D eigenvalue weighted by molar-refractivity contribution is 0.0685. The lowest BCUT2D eigenvalue weighted by atomic mass is 10.2. The highest BCUT2D eigenvalue weighted by atomic mass is 32.2. The molecule has 94 valence electrons. The van der Waals surface area contributed by atoms with Gasteiger partial charge in [-0.3, -0.25) is 0 Å². The van der Waals surface area contributed by atoms with Gasteiger partial charge in [0, 0.05) is 18.2 Å². The number of hydrogen-bond donors (Lipinski definition) is 1. The number of nitrogens with zero attached hydrogens (tertiary/aromatic N) is 2. The van der Waals surface area contributed by atoms with E-state index in [1.54, 1.807) is 7.11 Å². The fourth-order valence-electron chi connectivity index (χ4n) is 1.54. The summed E-state index contributed by atoms with van der Waals surface area (Å²) >= 11 is 1.42. The standard InChI is InChI=1S/C12H12N2O3S/c1-17-6-7-18-11-8-4-2-3-5-9(8)13-14-10(11)12(15)16/h2-5H,6-7H2,1H3,(H,15,16). The lowest BCUT2D eigenvalue weighted by Crippen LogP contribution is -2.06. The van der Waals surface area contributed by atoms with Crippen LogP contribution in [0.1, 0.15) is 10.5 Å². The fraction of sp³-hybridized carbons (Fsp3) is 0.250. The third kappa shape index (κ3) is 2.60. The summed E-state index contributed by atoms with van der Waals surface area (Å²) in [5, 5.41) is 17.6. The van der Waals surface area contributed by atoms with Crippen molar-refractivity contribution >= 4 is 28.6 Å². The van der Waals surface area contributed by atoms with Crippen LogP contribution in [0.5, 0.6) is 0 Å². The predicted molar refractivity (Wildman–Crippen MR) is 69.1 cm³/mol. The van der Waals surface area contributed by atoms with Gasteiger partial charge in [0.2, 0.25) is 0 Å². The van der Waals surface area contributed by atoms with Crippen LogP contribution in [-0.2, 0) is 4.74 Å². The Balaban J connectivity index is 2.48. The molecule has 0 atom stereocenters. The second-order valence-corrected chi connectivity index (χ2v) is 4.65. The number of fused-ring (bicyclic) bond motifs is 1. The quantitative estimate of drug-likeness (QED) is 0.658. The Morgan fingerprint density at radius 1 is 1.39 bits per heavy atom. The molecule has 0 aliphatic carbocycles. The first-order chi connectivity index (χ1) is 8.74. The van der Waals surface area contributed by atoms with Gasteiger partial charge >= 0.3 is 5.97 Å². The normalized spacial score (nSPS) is 10.7. The average molecular weight is 264 g/mol. The van der Waals surface area contributed by atoms with Crippen LogP contribution in [-0.4, -0.2) is 40.7 Å². The summed E-state index contributed by atoms with van der Waals surface area (Å²) in [7, 11) is 1.61. The van der Waals surface area contributed by atoms with E-state index in [2.05, 4.69) is 10.2 Å². The number of carboxylic acids is 1. The van der Waals surface area contributed by atoms with E-state index in [-0.39, 0.29) is 5.69 Å². The molecule has 1 aromatic carbocycles. The van der Waals surface area contributed by atoms with Crippen LogP contribution in [0.2, 0.25) is 0 Å². The topological polar surface area (TPSA) is 72.3 Å². The Hall–Kier alpha value is -1.66. The minimum absolute atomic E-state index is 0.00481. The molecule has 0 bridgehead atoms. The molecule has 0 saturated carbocycles. The molecule has 0 radical (unpaired) electrons. The number of aromatic nitrogens is 2. The molecular formula is C12H12N2O3S. The summed E-state index contributed by atoms with van der Waals surface area (Å²) in [6, 6.07) is 7.37. The molecule has 0 saturated heterocycles. The minimum Gasteiger partial charge on any atom is -0.476 e. The van der Waals surface area contributed by atoms with E-state index in [1.165, 1.54) is 11.8 Å². The van der Waals surface area contributed by atoms with Crippen molar-refractivity contribution in [2.45, 2.75) is 4.90 Å². The average Bonchev–Trinajstić information content (AvgIpc) is 2.38. The van der Waals surface area contributed by atoms with Crippen LogP contribution in [0.4, 0.5) is 0 Å². The molecule has 0 spiro atoms. The molecule has 6 heteroatoms. The summed E-state index contributed by atoms with van der Waals surface area (Å²) in [5.41, 5.74) is 0.692. The van der Waals surface area contributed by atoms with Gasteiger partial charge in [0.25, 0.3) is 0 Å². The first-order valence-electron chi connectivity index (χ1n) is 5.34. The molecule has 5 nitrogen and oxygen atoms in total. The number of carbonyl (C=O) groups is 1. The zero-order valence-corrected chi connectivity index (χ0v) is 10.6. The molecule has 0 fully saturated rings. The second kappa shape index (κ2) is 5.79. The summed E-state index contributed by atoms with van der Waals surface area (Å²) in [6.45, 7) is 0.556. The predicted octanol–water partition coefficient (Wildman–Crippen LogP) is 2.07. The second-order valence-electron chi connectivity index (χ2n) is 3.54. The van der Waals surface area contributed by atoms with Gasteiger partial charge in [0.1, 0.15) is 0 Å². The van der Waals surface area contributed by atoms with Crippen LogP contribution in [0, 0.1) is 0 Å². The number of benzene rings is 1. The Bertz CT molecular complexity index is 574. The van der Waals surface area contributed by atoms with Crippen molar-refractivity contribution in [3.63, 3.8) is 0 Å². The van der Waals surface area contributed by atoms with Gasteiger partial charge in [0.15, 0.2) is 5.69 Å².